The molecule has 0 radical (unpaired) electrons. The fourth-order valence-corrected chi connectivity index (χ4v) is 0.892. The van der Waals surface area contributed by atoms with Crippen LogP contribution >= 0.6 is 15.9 Å². The van der Waals surface area contributed by atoms with E-state index in [9.17, 15) is 0 Å². The van der Waals surface area contributed by atoms with Gasteiger partial charge in [-0.1, -0.05) is 6.08 Å². The van der Waals surface area contributed by atoms with Crippen molar-refractivity contribution in [3.63, 3.8) is 0 Å². The third kappa shape index (κ3) is 3.11. The third-order valence-electron chi connectivity index (χ3n) is 1.22. The number of rotatable bonds is 3. The van der Waals surface area contributed by atoms with Crippen molar-refractivity contribution < 1.29 is 5.11 Å². The molecule has 1 aromatic rings. The molecule has 0 bridgehead atoms. The lowest BCUT2D eigenvalue weighted by molar-refractivity contribution is 0.303. The van der Waals surface area contributed by atoms with Gasteiger partial charge in [0.1, 0.15) is 4.60 Å². The monoisotopic (exact) mass is 228 g/mol. The highest BCUT2D eigenvalue weighted by molar-refractivity contribution is 9.10. The van der Waals surface area contributed by atoms with Crippen LogP contribution in [0, 0.1) is 0 Å². The average Bonchev–Trinajstić information content (AvgIpc) is 2.09. The molecule has 64 valence electrons. The molecule has 0 atom stereocenters. The van der Waals surface area contributed by atoms with Gasteiger partial charge in [-0.25, -0.2) is 4.98 Å². The lowest BCUT2D eigenvalue weighted by atomic mass is 10.3. The van der Waals surface area contributed by atoms with Crippen LogP contribution in [0.3, 0.4) is 0 Å². The van der Waals surface area contributed by atoms with E-state index >= 15 is 0 Å². The topological polar surface area (TPSA) is 46.0 Å². The predicted molar refractivity (Wildman–Crippen MR) is 50.5 cm³/mol. The van der Waals surface area contributed by atoms with Gasteiger partial charge in [-0.2, -0.15) is 0 Å². The van der Waals surface area contributed by atoms with Gasteiger partial charge in [0, 0.05) is 6.61 Å². The maximum absolute atomic E-state index is 8.49. The summed E-state index contributed by atoms with van der Waals surface area (Å²) in [6.45, 7) is 0.167. The summed E-state index contributed by atoms with van der Waals surface area (Å²) in [5.41, 5.74) is 0.798. The first kappa shape index (κ1) is 9.35. The van der Waals surface area contributed by atoms with Gasteiger partial charge in [-0.3, -0.25) is 4.98 Å². The highest BCUT2D eigenvalue weighted by Crippen LogP contribution is 2.03. The van der Waals surface area contributed by atoms with E-state index in [1.54, 1.807) is 12.4 Å². The molecule has 0 unspecified atom stereocenters. The predicted octanol–water partition coefficient (Wildman–Crippen LogP) is 1.63. The highest BCUT2D eigenvalue weighted by Gasteiger charge is 1.88. The summed E-state index contributed by atoms with van der Waals surface area (Å²) in [4.78, 5) is 8.07. The summed E-state index contributed by atoms with van der Waals surface area (Å²) in [6, 6.07) is 0. The van der Waals surface area contributed by atoms with Crippen molar-refractivity contribution in [3.8, 4) is 0 Å². The van der Waals surface area contributed by atoms with Crippen LogP contribution in [-0.2, 0) is 0 Å². The molecule has 0 spiro atoms. The standard InChI is InChI=1S/C8H9BrN2O/c9-8-6-10-7(5-11-8)3-1-2-4-12/h1,3,5-6,12H,2,4H2. The SMILES string of the molecule is OCCC=Cc1cnc(Br)cn1. The molecular weight excluding hydrogens is 220 g/mol. The van der Waals surface area contributed by atoms with Gasteiger partial charge >= 0.3 is 0 Å². The summed E-state index contributed by atoms with van der Waals surface area (Å²) in [7, 11) is 0. The van der Waals surface area contributed by atoms with E-state index in [-0.39, 0.29) is 6.61 Å². The van der Waals surface area contributed by atoms with E-state index in [1.165, 1.54) is 0 Å². The minimum absolute atomic E-state index is 0.167. The van der Waals surface area contributed by atoms with E-state index in [4.69, 9.17) is 5.11 Å². The molecule has 12 heavy (non-hydrogen) atoms. The van der Waals surface area contributed by atoms with E-state index in [0.717, 1.165) is 10.3 Å². The smallest absolute Gasteiger partial charge is 0.124 e. The molecule has 1 aromatic heterocycles. The molecule has 1 heterocycles. The largest absolute Gasteiger partial charge is 0.396 e. The summed E-state index contributed by atoms with van der Waals surface area (Å²) in [6.07, 6.45) is 7.64. The van der Waals surface area contributed by atoms with Crippen LogP contribution in [-0.4, -0.2) is 21.7 Å². The molecule has 4 heteroatoms. The second-order valence-corrected chi connectivity index (χ2v) is 2.99. The van der Waals surface area contributed by atoms with Crippen molar-refractivity contribution in [1.82, 2.24) is 9.97 Å². The molecule has 0 aromatic carbocycles. The number of aliphatic hydroxyl groups excluding tert-OH is 1. The van der Waals surface area contributed by atoms with Crippen molar-refractivity contribution in [2.75, 3.05) is 6.61 Å². The lowest BCUT2D eigenvalue weighted by Gasteiger charge is -1.91. The van der Waals surface area contributed by atoms with E-state index in [2.05, 4.69) is 25.9 Å². The quantitative estimate of drug-likeness (QED) is 0.856. The first-order chi connectivity index (χ1) is 5.83. The summed E-state index contributed by atoms with van der Waals surface area (Å²) in [5.74, 6) is 0. The van der Waals surface area contributed by atoms with Crippen LogP contribution in [0.1, 0.15) is 12.1 Å². The lowest BCUT2D eigenvalue weighted by Crippen LogP contribution is -1.83. The molecule has 0 amide bonds. The fraction of sp³-hybridized carbons (Fsp3) is 0.250. The van der Waals surface area contributed by atoms with Crippen molar-refractivity contribution in [1.29, 1.82) is 0 Å². The summed E-state index contributed by atoms with van der Waals surface area (Å²) < 4.78 is 0.724. The number of halogens is 1. The van der Waals surface area contributed by atoms with Crippen molar-refractivity contribution in [2.24, 2.45) is 0 Å². The van der Waals surface area contributed by atoms with E-state index < -0.39 is 0 Å². The van der Waals surface area contributed by atoms with Crippen LogP contribution in [0.5, 0.6) is 0 Å². The fourth-order valence-electron chi connectivity index (χ4n) is 0.687. The molecular formula is C8H9BrN2O. The van der Waals surface area contributed by atoms with Crippen LogP contribution in [0.25, 0.3) is 6.08 Å². The van der Waals surface area contributed by atoms with E-state index in [0.29, 0.717) is 6.42 Å². The zero-order valence-electron chi connectivity index (χ0n) is 6.44. The Morgan fingerprint density at radius 2 is 2.25 bits per heavy atom. The van der Waals surface area contributed by atoms with Crippen LogP contribution in [0.4, 0.5) is 0 Å². The molecule has 0 aliphatic heterocycles. The summed E-state index contributed by atoms with van der Waals surface area (Å²) >= 11 is 3.19. The Hall–Kier alpha value is -0.740. The van der Waals surface area contributed by atoms with Gasteiger partial charge in [-0.15, -0.1) is 0 Å². The van der Waals surface area contributed by atoms with Gasteiger partial charge in [0.15, 0.2) is 0 Å². The number of hydrogen-bond donors (Lipinski definition) is 1. The van der Waals surface area contributed by atoms with Gasteiger partial charge in [0.05, 0.1) is 18.1 Å². The Labute approximate surface area is 79.3 Å². The Balaban J connectivity index is 2.58. The van der Waals surface area contributed by atoms with Gasteiger partial charge in [-0.05, 0) is 28.4 Å². The second kappa shape index (κ2) is 5.00. The first-order valence-corrected chi connectivity index (χ1v) is 4.37. The van der Waals surface area contributed by atoms with Crippen LogP contribution in [0.15, 0.2) is 23.1 Å². The molecule has 0 aliphatic rings. The maximum Gasteiger partial charge on any atom is 0.124 e. The first-order valence-electron chi connectivity index (χ1n) is 3.58. The summed E-state index contributed by atoms with van der Waals surface area (Å²) in [5, 5.41) is 8.49. The second-order valence-electron chi connectivity index (χ2n) is 2.18. The molecule has 0 saturated carbocycles. The zero-order valence-corrected chi connectivity index (χ0v) is 8.03. The highest BCUT2D eigenvalue weighted by atomic mass is 79.9. The molecule has 1 N–H and O–H groups in total. The Bertz CT molecular complexity index is 258. The van der Waals surface area contributed by atoms with Crippen molar-refractivity contribution in [3.05, 3.63) is 28.8 Å². The van der Waals surface area contributed by atoms with Gasteiger partial charge in [0.2, 0.25) is 0 Å². The third-order valence-corrected chi connectivity index (χ3v) is 1.63. The normalized spacial score (nSPS) is 10.8. The molecule has 1 rings (SSSR count). The average molecular weight is 229 g/mol. The Kier molecular flexibility index (Phi) is 3.90. The van der Waals surface area contributed by atoms with E-state index in [1.807, 2.05) is 12.2 Å². The maximum atomic E-state index is 8.49. The Morgan fingerprint density at radius 3 is 2.83 bits per heavy atom. The number of nitrogens with zero attached hydrogens (tertiary/aromatic N) is 2. The van der Waals surface area contributed by atoms with Crippen LogP contribution in [0.2, 0.25) is 0 Å². The minimum atomic E-state index is 0.167. The number of aromatic nitrogens is 2. The van der Waals surface area contributed by atoms with Crippen molar-refractivity contribution in [2.45, 2.75) is 6.42 Å². The minimum Gasteiger partial charge on any atom is -0.396 e. The van der Waals surface area contributed by atoms with Crippen LogP contribution < -0.4 is 0 Å². The molecule has 3 nitrogen and oxygen atoms in total. The number of aliphatic hydroxyl groups is 1. The number of hydrogen-bond acceptors (Lipinski definition) is 3. The Morgan fingerprint density at radius 1 is 1.42 bits per heavy atom. The van der Waals surface area contributed by atoms with Crippen molar-refractivity contribution >= 4 is 22.0 Å². The zero-order chi connectivity index (χ0) is 8.81. The van der Waals surface area contributed by atoms with Gasteiger partial charge < -0.3 is 5.11 Å². The molecule has 0 saturated heterocycles. The molecule has 0 fully saturated rings. The van der Waals surface area contributed by atoms with Gasteiger partial charge in [0.25, 0.3) is 0 Å². The molecule has 0 aliphatic carbocycles.